The molecule has 1 aliphatic carbocycles. The van der Waals surface area contributed by atoms with Crippen molar-refractivity contribution in [2.45, 2.75) is 38.2 Å². The predicted molar refractivity (Wildman–Crippen MR) is 96.4 cm³/mol. The van der Waals surface area contributed by atoms with Crippen molar-refractivity contribution in [3.05, 3.63) is 63.4 Å². The first-order valence-corrected chi connectivity index (χ1v) is 9.16. The first-order chi connectivity index (χ1) is 11.6. The van der Waals surface area contributed by atoms with Gasteiger partial charge in [0.15, 0.2) is 0 Å². The number of piperidine rings is 1. The van der Waals surface area contributed by atoms with Crippen LogP contribution in [0.15, 0.2) is 30.3 Å². The van der Waals surface area contributed by atoms with Crippen LogP contribution >= 0.6 is 11.6 Å². The van der Waals surface area contributed by atoms with E-state index in [0.29, 0.717) is 0 Å². The second-order valence-electron chi connectivity index (χ2n) is 7.05. The lowest BCUT2D eigenvalue weighted by molar-refractivity contribution is -0.00205. The van der Waals surface area contributed by atoms with E-state index in [0.717, 1.165) is 71.9 Å². The molecule has 1 aromatic heterocycles. The molecule has 4 heteroatoms. The lowest BCUT2D eigenvalue weighted by Gasteiger charge is -2.40. The van der Waals surface area contributed by atoms with Crippen LogP contribution in [0, 0.1) is 12.8 Å². The van der Waals surface area contributed by atoms with Crippen molar-refractivity contribution in [1.82, 2.24) is 10.3 Å². The molecule has 2 heterocycles. The maximum atomic E-state index is 12.1. The summed E-state index contributed by atoms with van der Waals surface area (Å²) in [5.74, 6) is 0.171. The van der Waals surface area contributed by atoms with Gasteiger partial charge in [-0.1, -0.05) is 23.7 Å². The van der Waals surface area contributed by atoms with E-state index >= 15 is 0 Å². The van der Waals surface area contributed by atoms with Crippen LogP contribution in [0.25, 0.3) is 0 Å². The highest BCUT2D eigenvalue weighted by Crippen LogP contribution is 2.45. The van der Waals surface area contributed by atoms with Crippen molar-refractivity contribution in [3.63, 3.8) is 0 Å². The molecule has 1 aliphatic heterocycles. The number of nitrogens with zero attached hydrogens (tertiary/aromatic N) is 1. The first-order valence-electron chi connectivity index (χ1n) is 8.78. The highest BCUT2D eigenvalue weighted by atomic mass is 35.5. The first kappa shape index (κ1) is 16.1. The third-order valence-electron chi connectivity index (χ3n) is 5.55. The number of fused-ring (bicyclic) bond motifs is 2. The van der Waals surface area contributed by atoms with E-state index in [1.807, 2.05) is 31.2 Å². The summed E-state index contributed by atoms with van der Waals surface area (Å²) in [5, 5.41) is 16.2. The molecule has 1 fully saturated rings. The van der Waals surface area contributed by atoms with E-state index in [1.54, 1.807) is 0 Å². The fourth-order valence-corrected chi connectivity index (χ4v) is 4.50. The Hall–Kier alpha value is -1.42. The molecular formula is C20H23ClN2O. The lowest BCUT2D eigenvalue weighted by Crippen LogP contribution is -2.44. The molecule has 0 bridgehead atoms. The van der Waals surface area contributed by atoms with Crippen molar-refractivity contribution < 1.29 is 5.11 Å². The highest BCUT2D eigenvalue weighted by Gasteiger charge is 2.45. The Morgan fingerprint density at radius 3 is 2.67 bits per heavy atom. The molecule has 0 saturated carbocycles. The molecule has 4 rings (SSSR count). The quantitative estimate of drug-likeness (QED) is 0.835. The highest BCUT2D eigenvalue weighted by molar-refractivity contribution is 6.30. The van der Waals surface area contributed by atoms with Gasteiger partial charge < -0.3 is 10.4 Å². The van der Waals surface area contributed by atoms with Gasteiger partial charge in [-0.2, -0.15) is 0 Å². The molecule has 1 aromatic carbocycles. The van der Waals surface area contributed by atoms with E-state index in [1.165, 1.54) is 0 Å². The van der Waals surface area contributed by atoms with Gasteiger partial charge in [-0.3, -0.25) is 4.98 Å². The zero-order valence-corrected chi connectivity index (χ0v) is 14.7. The normalized spacial score (nSPS) is 24.1. The fourth-order valence-electron chi connectivity index (χ4n) is 4.31. The third kappa shape index (κ3) is 2.55. The van der Waals surface area contributed by atoms with Gasteiger partial charge in [0.25, 0.3) is 0 Å². The van der Waals surface area contributed by atoms with Gasteiger partial charge in [0, 0.05) is 16.6 Å². The number of nitrogens with one attached hydrogen (secondary N) is 1. The molecule has 2 aliphatic rings. The van der Waals surface area contributed by atoms with Crippen LogP contribution < -0.4 is 5.32 Å². The van der Waals surface area contributed by atoms with Gasteiger partial charge in [-0.15, -0.1) is 0 Å². The molecule has 2 N–H and O–H groups in total. The van der Waals surface area contributed by atoms with E-state index in [-0.39, 0.29) is 5.92 Å². The van der Waals surface area contributed by atoms with E-state index < -0.39 is 5.60 Å². The summed E-state index contributed by atoms with van der Waals surface area (Å²) in [5.41, 5.74) is 4.10. The van der Waals surface area contributed by atoms with Crippen LogP contribution in [0.5, 0.6) is 0 Å². The van der Waals surface area contributed by atoms with Crippen LogP contribution in [0.4, 0.5) is 0 Å². The van der Waals surface area contributed by atoms with Crippen molar-refractivity contribution in [1.29, 1.82) is 0 Å². The number of rotatable bonds is 1. The van der Waals surface area contributed by atoms with Crippen LogP contribution in [0.3, 0.4) is 0 Å². The Morgan fingerprint density at radius 1 is 1.12 bits per heavy atom. The van der Waals surface area contributed by atoms with Crippen molar-refractivity contribution >= 4 is 11.6 Å². The Kier molecular flexibility index (Phi) is 4.11. The Labute approximate surface area is 148 Å². The van der Waals surface area contributed by atoms with Gasteiger partial charge in [-0.25, -0.2) is 0 Å². The van der Waals surface area contributed by atoms with E-state index in [9.17, 15) is 5.11 Å². The molecule has 0 spiro atoms. The summed E-state index contributed by atoms with van der Waals surface area (Å²) in [6.45, 7) is 3.88. The maximum absolute atomic E-state index is 12.1. The Morgan fingerprint density at radius 2 is 1.88 bits per heavy atom. The molecule has 1 unspecified atom stereocenters. The average molecular weight is 343 g/mol. The van der Waals surface area contributed by atoms with Gasteiger partial charge in [0.2, 0.25) is 0 Å². The number of pyridine rings is 1. The minimum Gasteiger partial charge on any atom is -0.378 e. The molecule has 24 heavy (non-hydrogen) atoms. The summed E-state index contributed by atoms with van der Waals surface area (Å²) in [4.78, 5) is 4.82. The predicted octanol–water partition coefficient (Wildman–Crippen LogP) is 3.38. The van der Waals surface area contributed by atoms with Crippen molar-refractivity contribution in [3.8, 4) is 0 Å². The van der Waals surface area contributed by atoms with Crippen LogP contribution in [-0.2, 0) is 18.4 Å². The zero-order valence-electron chi connectivity index (χ0n) is 14.0. The average Bonchev–Trinajstić information content (AvgIpc) is 2.72. The molecule has 0 radical (unpaired) electrons. The topological polar surface area (TPSA) is 45.2 Å². The van der Waals surface area contributed by atoms with E-state index in [4.69, 9.17) is 16.6 Å². The molecule has 1 atom stereocenters. The largest absolute Gasteiger partial charge is 0.378 e. The SMILES string of the molecule is Cc1ccc2c(n1)C(O)(C1CCNCC1)c1ccc(Cl)cc1CC2. The van der Waals surface area contributed by atoms with E-state index in [2.05, 4.69) is 11.4 Å². The maximum Gasteiger partial charge on any atom is 0.135 e. The minimum absolute atomic E-state index is 0.171. The molecular weight excluding hydrogens is 320 g/mol. The Bertz CT molecular complexity index is 770. The third-order valence-corrected chi connectivity index (χ3v) is 5.79. The standard InChI is InChI=1S/C20H23ClN2O/c1-13-2-3-14-4-5-15-12-17(21)6-7-18(15)20(24,19(14)23-13)16-8-10-22-11-9-16/h2-3,6-7,12,16,22,24H,4-5,8-11H2,1H3. The molecule has 126 valence electrons. The number of aromatic nitrogens is 1. The smallest absolute Gasteiger partial charge is 0.135 e. The molecule has 3 nitrogen and oxygen atoms in total. The van der Waals surface area contributed by atoms with Crippen molar-refractivity contribution in [2.75, 3.05) is 13.1 Å². The second kappa shape index (κ2) is 6.14. The van der Waals surface area contributed by atoms with Crippen molar-refractivity contribution in [2.24, 2.45) is 5.92 Å². The number of benzene rings is 1. The van der Waals surface area contributed by atoms with Crippen LogP contribution in [-0.4, -0.2) is 23.2 Å². The van der Waals surface area contributed by atoms with Gasteiger partial charge in [0.1, 0.15) is 5.60 Å². The molecule has 2 aromatic rings. The zero-order chi connectivity index (χ0) is 16.7. The monoisotopic (exact) mass is 342 g/mol. The van der Waals surface area contributed by atoms with Crippen LogP contribution in [0.1, 0.15) is 40.9 Å². The minimum atomic E-state index is -1.03. The number of aliphatic hydroxyl groups is 1. The molecule has 1 saturated heterocycles. The fraction of sp³-hybridized carbons (Fsp3) is 0.450. The van der Waals surface area contributed by atoms with Gasteiger partial charge in [0.05, 0.1) is 5.69 Å². The number of halogens is 1. The Balaban J connectivity index is 1.96. The summed E-state index contributed by atoms with van der Waals surface area (Å²) in [6, 6.07) is 10.1. The summed E-state index contributed by atoms with van der Waals surface area (Å²) >= 11 is 6.24. The summed E-state index contributed by atoms with van der Waals surface area (Å²) in [7, 11) is 0. The number of aryl methyl sites for hydroxylation is 3. The lowest BCUT2D eigenvalue weighted by atomic mass is 9.72. The summed E-state index contributed by atoms with van der Waals surface area (Å²) in [6.07, 6.45) is 3.69. The number of hydrogen-bond acceptors (Lipinski definition) is 3. The second-order valence-corrected chi connectivity index (χ2v) is 7.49. The molecule has 0 amide bonds. The van der Waals surface area contributed by atoms with Crippen LogP contribution in [0.2, 0.25) is 5.02 Å². The van der Waals surface area contributed by atoms with Gasteiger partial charge in [-0.05, 0) is 80.6 Å². The van der Waals surface area contributed by atoms with Gasteiger partial charge >= 0.3 is 0 Å². The summed E-state index contributed by atoms with van der Waals surface area (Å²) < 4.78 is 0. The number of hydrogen-bond donors (Lipinski definition) is 2.